The van der Waals surface area contributed by atoms with Crippen LogP contribution in [-0.2, 0) is 6.61 Å². The van der Waals surface area contributed by atoms with E-state index in [-0.39, 0.29) is 0 Å². The van der Waals surface area contributed by atoms with Gasteiger partial charge in [-0.3, -0.25) is 4.57 Å². The molecular weight excluding hydrogens is 370 g/mol. The molecule has 4 nitrogen and oxygen atoms in total. The maximum atomic E-state index is 5.91. The van der Waals surface area contributed by atoms with E-state index >= 15 is 0 Å². The summed E-state index contributed by atoms with van der Waals surface area (Å²) in [6.45, 7) is 0.483. The molecular formula is C26H17N3O. The highest BCUT2D eigenvalue weighted by Crippen LogP contribution is 2.35. The first kappa shape index (κ1) is 15.8. The molecule has 30 heavy (non-hydrogen) atoms. The molecule has 142 valence electrons. The first-order chi connectivity index (χ1) is 14.9. The van der Waals surface area contributed by atoms with Crippen LogP contribution in [-0.4, -0.2) is 14.1 Å². The number of hydrogen-bond donors (Lipinski definition) is 0. The van der Waals surface area contributed by atoms with Crippen molar-refractivity contribution < 1.29 is 4.74 Å². The average molecular weight is 387 g/mol. The number of nitrogens with zero attached hydrogens (tertiary/aromatic N) is 3. The number of imidazole rings is 1. The van der Waals surface area contributed by atoms with Crippen LogP contribution in [0.15, 0.2) is 91.0 Å². The summed E-state index contributed by atoms with van der Waals surface area (Å²) in [4.78, 5) is 4.91. The van der Waals surface area contributed by atoms with Crippen LogP contribution < -0.4 is 4.74 Å². The Balaban J connectivity index is 1.52. The molecule has 0 fully saturated rings. The van der Waals surface area contributed by atoms with Crippen molar-refractivity contribution in [1.29, 1.82) is 0 Å². The van der Waals surface area contributed by atoms with Gasteiger partial charge in [0.15, 0.2) is 5.82 Å². The molecule has 0 saturated heterocycles. The van der Waals surface area contributed by atoms with Crippen LogP contribution in [0, 0.1) is 0 Å². The standard InChI is InChI=1S/C26H17N3O/c1-3-9-21-18(7-1)19-8-2-4-10-22(19)28(21)17-13-14-23-20(15-17)27-26-16-30-25-12-6-5-11-24(25)29(23)26/h1-15H,16H2. The zero-order valence-corrected chi connectivity index (χ0v) is 16.1. The normalized spacial score (nSPS) is 12.8. The van der Waals surface area contributed by atoms with Gasteiger partial charge in [-0.05, 0) is 42.5 Å². The zero-order chi connectivity index (χ0) is 19.7. The monoisotopic (exact) mass is 387 g/mol. The Morgan fingerprint density at radius 3 is 2.17 bits per heavy atom. The van der Waals surface area contributed by atoms with Crippen molar-refractivity contribution in [2.75, 3.05) is 0 Å². The highest BCUT2D eigenvalue weighted by Gasteiger charge is 2.21. The van der Waals surface area contributed by atoms with Crippen LogP contribution >= 0.6 is 0 Å². The van der Waals surface area contributed by atoms with E-state index in [0.717, 1.165) is 34.0 Å². The maximum Gasteiger partial charge on any atom is 0.152 e. The fourth-order valence-electron chi connectivity index (χ4n) is 4.73. The second-order valence-electron chi connectivity index (χ2n) is 7.66. The molecule has 0 radical (unpaired) electrons. The number of benzene rings is 4. The van der Waals surface area contributed by atoms with Gasteiger partial charge in [-0.15, -0.1) is 0 Å². The Labute approximate surface area is 172 Å². The number of aromatic nitrogens is 3. The molecule has 0 spiro atoms. The van der Waals surface area contributed by atoms with E-state index in [9.17, 15) is 0 Å². The van der Waals surface area contributed by atoms with Gasteiger partial charge in [-0.1, -0.05) is 48.5 Å². The Morgan fingerprint density at radius 2 is 1.37 bits per heavy atom. The van der Waals surface area contributed by atoms with E-state index in [0.29, 0.717) is 6.61 Å². The van der Waals surface area contributed by atoms with Gasteiger partial charge in [0.1, 0.15) is 12.4 Å². The largest absolute Gasteiger partial charge is 0.483 e. The van der Waals surface area contributed by atoms with Crippen LogP contribution in [0.3, 0.4) is 0 Å². The maximum absolute atomic E-state index is 5.91. The predicted molar refractivity (Wildman–Crippen MR) is 120 cm³/mol. The summed E-state index contributed by atoms with van der Waals surface area (Å²) >= 11 is 0. The van der Waals surface area contributed by atoms with Crippen molar-refractivity contribution in [1.82, 2.24) is 14.1 Å². The van der Waals surface area contributed by atoms with Crippen molar-refractivity contribution >= 4 is 32.8 Å². The molecule has 0 bridgehead atoms. The number of fused-ring (bicyclic) bond motifs is 8. The van der Waals surface area contributed by atoms with Gasteiger partial charge in [0.25, 0.3) is 0 Å². The van der Waals surface area contributed by atoms with Gasteiger partial charge in [-0.2, -0.15) is 0 Å². The molecule has 0 amide bonds. The first-order valence-electron chi connectivity index (χ1n) is 10.1. The molecule has 0 atom stereocenters. The molecule has 2 aromatic heterocycles. The minimum absolute atomic E-state index is 0.483. The molecule has 6 aromatic rings. The van der Waals surface area contributed by atoms with E-state index in [4.69, 9.17) is 9.72 Å². The highest BCUT2D eigenvalue weighted by molar-refractivity contribution is 6.09. The zero-order valence-electron chi connectivity index (χ0n) is 16.1. The summed E-state index contributed by atoms with van der Waals surface area (Å²) < 4.78 is 10.4. The number of rotatable bonds is 1. The summed E-state index contributed by atoms with van der Waals surface area (Å²) in [5.41, 5.74) is 6.65. The highest BCUT2D eigenvalue weighted by atomic mass is 16.5. The minimum Gasteiger partial charge on any atom is -0.483 e. The Kier molecular flexibility index (Phi) is 3.03. The molecule has 0 unspecified atom stereocenters. The molecule has 7 rings (SSSR count). The van der Waals surface area contributed by atoms with Gasteiger partial charge in [0.05, 0.1) is 27.8 Å². The topological polar surface area (TPSA) is 32.0 Å². The molecule has 1 aliphatic rings. The SMILES string of the molecule is c1ccc2c(c1)OCc1nc3cc(-n4c5ccccc5c5ccccc54)ccc3n1-2. The molecule has 0 aliphatic carbocycles. The van der Waals surface area contributed by atoms with Crippen LogP contribution in [0.4, 0.5) is 0 Å². The fourth-order valence-corrected chi connectivity index (χ4v) is 4.73. The molecule has 0 saturated carbocycles. The van der Waals surface area contributed by atoms with Gasteiger partial charge >= 0.3 is 0 Å². The summed E-state index contributed by atoms with van der Waals surface area (Å²) in [6.07, 6.45) is 0. The molecule has 1 aliphatic heterocycles. The third-order valence-electron chi connectivity index (χ3n) is 6.01. The smallest absolute Gasteiger partial charge is 0.152 e. The average Bonchev–Trinajstić information content (AvgIpc) is 3.34. The lowest BCUT2D eigenvalue weighted by molar-refractivity contribution is 0.280. The number of hydrogen-bond acceptors (Lipinski definition) is 2. The van der Waals surface area contributed by atoms with Gasteiger partial charge in [0, 0.05) is 16.5 Å². The molecule has 3 heterocycles. The van der Waals surface area contributed by atoms with Crippen LogP contribution in [0.5, 0.6) is 5.75 Å². The summed E-state index contributed by atoms with van der Waals surface area (Å²) in [5, 5.41) is 2.53. The van der Waals surface area contributed by atoms with E-state index < -0.39 is 0 Å². The summed E-state index contributed by atoms with van der Waals surface area (Å²) in [7, 11) is 0. The van der Waals surface area contributed by atoms with Gasteiger partial charge in [-0.25, -0.2) is 4.98 Å². The van der Waals surface area contributed by atoms with E-state index in [1.54, 1.807) is 0 Å². The lowest BCUT2D eigenvalue weighted by atomic mass is 10.2. The number of ether oxygens (including phenoxy) is 1. The van der Waals surface area contributed by atoms with Crippen molar-refractivity contribution in [2.45, 2.75) is 6.61 Å². The summed E-state index contributed by atoms with van der Waals surface area (Å²) in [6, 6.07) is 31.8. The van der Waals surface area contributed by atoms with Crippen molar-refractivity contribution in [3.05, 3.63) is 96.8 Å². The van der Waals surface area contributed by atoms with Gasteiger partial charge in [0.2, 0.25) is 0 Å². The lowest BCUT2D eigenvalue weighted by Crippen LogP contribution is -2.12. The molecule has 0 N–H and O–H groups in total. The van der Waals surface area contributed by atoms with E-state index in [2.05, 4.69) is 81.9 Å². The molecule has 4 heteroatoms. The van der Waals surface area contributed by atoms with Crippen LogP contribution in [0.1, 0.15) is 5.82 Å². The Morgan fingerprint density at radius 1 is 0.667 bits per heavy atom. The van der Waals surface area contributed by atoms with Crippen molar-refractivity contribution in [3.63, 3.8) is 0 Å². The third kappa shape index (κ3) is 2.02. The van der Waals surface area contributed by atoms with Gasteiger partial charge < -0.3 is 9.30 Å². The molecule has 4 aromatic carbocycles. The Hall–Kier alpha value is -4.05. The quantitative estimate of drug-likeness (QED) is 0.346. The lowest BCUT2D eigenvalue weighted by Gasteiger charge is -2.19. The second kappa shape index (κ2) is 5.74. The van der Waals surface area contributed by atoms with E-state index in [1.807, 2.05) is 18.2 Å². The minimum atomic E-state index is 0.483. The number of para-hydroxylation sites is 4. The van der Waals surface area contributed by atoms with Crippen LogP contribution in [0.25, 0.3) is 44.2 Å². The fraction of sp³-hybridized carbons (Fsp3) is 0.0385. The first-order valence-corrected chi connectivity index (χ1v) is 10.1. The third-order valence-corrected chi connectivity index (χ3v) is 6.01. The predicted octanol–water partition coefficient (Wildman–Crippen LogP) is 6.02. The second-order valence-corrected chi connectivity index (χ2v) is 7.66. The van der Waals surface area contributed by atoms with E-state index in [1.165, 1.54) is 21.8 Å². The van der Waals surface area contributed by atoms with Crippen molar-refractivity contribution in [2.24, 2.45) is 0 Å². The van der Waals surface area contributed by atoms with Crippen LogP contribution in [0.2, 0.25) is 0 Å². The van der Waals surface area contributed by atoms with Crippen molar-refractivity contribution in [3.8, 4) is 17.1 Å². The summed E-state index contributed by atoms with van der Waals surface area (Å²) in [5.74, 6) is 1.83. The Bertz CT molecular complexity index is 1550.